The van der Waals surface area contributed by atoms with Gasteiger partial charge in [0.05, 0.1) is 28.1 Å². The number of fused-ring (bicyclic) bond motifs is 3. The summed E-state index contributed by atoms with van der Waals surface area (Å²) in [5, 5.41) is 7.73. The third kappa shape index (κ3) is 6.46. The average Bonchev–Trinajstić information content (AvgIpc) is 3.65. The lowest BCUT2D eigenvalue weighted by Gasteiger charge is -2.17. The van der Waals surface area contributed by atoms with Gasteiger partial charge in [0.15, 0.2) is 0 Å². The van der Waals surface area contributed by atoms with Crippen molar-refractivity contribution >= 4 is 21.8 Å². The van der Waals surface area contributed by atoms with Crippen molar-refractivity contribution in [2.24, 2.45) is 0 Å². The molecule has 3 aromatic heterocycles. The number of aryl methyl sites for hydroxylation is 5. The quantitative estimate of drug-likeness (QED) is 0.137. The Kier molecular flexibility index (Phi) is 9.56. The molecule has 5 nitrogen and oxygen atoms in total. The van der Waals surface area contributed by atoms with E-state index in [0.717, 1.165) is 71.8 Å². The summed E-state index contributed by atoms with van der Waals surface area (Å²) in [6, 6.07) is 30.5. The molecule has 260 valence electrons. The normalized spacial score (nSPS) is 11.7. The number of aromatic nitrogens is 4. The molecule has 7 rings (SSSR count). The number of nitrogens with zero attached hydrogens (tertiary/aromatic N) is 4. The molecule has 0 amide bonds. The van der Waals surface area contributed by atoms with Crippen LogP contribution in [0.1, 0.15) is 92.6 Å². The fourth-order valence-electron chi connectivity index (χ4n) is 7.72. The predicted molar refractivity (Wildman–Crippen MR) is 213 cm³/mol. The Morgan fingerprint density at radius 3 is 2.22 bits per heavy atom. The summed E-state index contributed by atoms with van der Waals surface area (Å²) in [6.45, 7) is 17.8. The van der Waals surface area contributed by atoms with E-state index < -0.39 is 0 Å². The first kappa shape index (κ1) is 34.3. The molecular weight excluding hydrogens is 625 g/mol. The summed E-state index contributed by atoms with van der Waals surface area (Å²) in [6.07, 6.45) is 6.92. The first-order valence-electron chi connectivity index (χ1n) is 18.7. The van der Waals surface area contributed by atoms with Crippen LogP contribution in [0.3, 0.4) is 0 Å². The van der Waals surface area contributed by atoms with Gasteiger partial charge in [0.1, 0.15) is 17.3 Å². The van der Waals surface area contributed by atoms with Crippen molar-refractivity contribution in [3.05, 3.63) is 130 Å². The van der Waals surface area contributed by atoms with Crippen LogP contribution in [-0.4, -0.2) is 19.3 Å². The van der Waals surface area contributed by atoms with E-state index in [4.69, 9.17) is 14.8 Å². The molecular formula is C46H50N4O. The maximum Gasteiger partial charge on any atom is 0.137 e. The number of benzene rings is 4. The molecule has 0 atom stereocenters. The Morgan fingerprint density at radius 1 is 0.725 bits per heavy atom. The van der Waals surface area contributed by atoms with E-state index in [9.17, 15) is 0 Å². The molecule has 0 aliphatic rings. The number of pyridine rings is 1. The van der Waals surface area contributed by atoms with E-state index in [1.54, 1.807) is 0 Å². The maximum atomic E-state index is 6.82. The third-order valence-electron chi connectivity index (χ3n) is 10.2. The summed E-state index contributed by atoms with van der Waals surface area (Å²) < 4.78 is 11.3. The molecule has 51 heavy (non-hydrogen) atoms. The number of ether oxygens (including phenoxy) is 1. The predicted octanol–water partition coefficient (Wildman–Crippen LogP) is 12.3. The summed E-state index contributed by atoms with van der Waals surface area (Å²) in [5.74, 6) is 2.83. The highest BCUT2D eigenvalue weighted by Crippen LogP contribution is 2.39. The van der Waals surface area contributed by atoms with Crippen molar-refractivity contribution in [1.82, 2.24) is 19.3 Å². The van der Waals surface area contributed by atoms with E-state index in [1.165, 1.54) is 55.4 Å². The second-order valence-electron chi connectivity index (χ2n) is 14.3. The van der Waals surface area contributed by atoms with Gasteiger partial charge in [0.2, 0.25) is 0 Å². The Morgan fingerprint density at radius 2 is 1.49 bits per heavy atom. The largest absolute Gasteiger partial charge is 0.457 e. The third-order valence-corrected chi connectivity index (χ3v) is 10.2. The fourth-order valence-corrected chi connectivity index (χ4v) is 7.72. The number of para-hydroxylation sites is 1. The minimum atomic E-state index is 0.315. The van der Waals surface area contributed by atoms with Gasteiger partial charge in [-0.15, -0.1) is 0 Å². The monoisotopic (exact) mass is 674 g/mol. The van der Waals surface area contributed by atoms with Gasteiger partial charge in [-0.25, -0.2) is 9.67 Å². The molecule has 3 heterocycles. The van der Waals surface area contributed by atoms with Crippen molar-refractivity contribution in [2.45, 2.75) is 93.4 Å². The van der Waals surface area contributed by atoms with Crippen LogP contribution in [0, 0.1) is 20.8 Å². The highest BCUT2D eigenvalue weighted by molar-refractivity contribution is 6.09. The first-order chi connectivity index (χ1) is 24.7. The van der Waals surface area contributed by atoms with Crippen LogP contribution in [0.15, 0.2) is 91.1 Å². The zero-order valence-electron chi connectivity index (χ0n) is 31.5. The van der Waals surface area contributed by atoms with Crippen LogP contribution in [0.2, 0.25) is 0 Å². The Bertz CT molecular complexity index is 2350. The van der Waals surface area contributed by atoms with Gasteiger partial charge in [-0.05, 0) is 123 Å². The minimum Gasteiger partial charge on any atom is -0.457 e. The van der Waals surface area contributed by atoms with E-state index >= 15 is 0 Å². The van der Waals surface area contributed by atoms with Gasteiger partial charge in [0.25, 0.3) is 0 Å². The molecule has 0 aliphatic heterocycles. The van der Waals surface area contributed by atoms with Crippen LogP contribution < -0.4 is 4.74 Å². The van der Waals surface area contributed by atoms with E-state index in [1.807, 2.05) is 6.20 Å². The lowest BCUT2D eigenvalue weighted by Crippen LogP contribution is -2.05. The molecule has 0 aliphatic carbocycles. The van der Waals surface area contributed by atoms with Crippen LogP contribution in [0.5, 0.6) is 11.5 Å². The van der Waals surface area contributed by atoms with Gasteiger partial charge >= 0.3 is 0 Å². The Hall–Kier alpha value is -5.16. The lowest BCUT2D eigenvalue weighted by molar-refractivity contribution is 0.481. The molecule has 0 fully saturated rings. The van der Waals surface area contributed by atoms with Crippen molar-refractivity contribution in [2.75, 3.05) is 0 Å². The van der Waals surface area contributed by atoms with Crippen LogP contribution in [0.25, 0.3) is 44.4 Å². The molecule has 0 N–H and O–H groups in total. The van der Waals surface area contributed by atoms with Gasteiger partial charge in [0, 0.05) is 34.7 Å². The van der Waals surface area contributed by atoms with Crippen molar-refractivity contribution in [3.63, 3.8) is 0 Å². The van der Waals surface area contributed by atoms with Crippen LogP contribution in [0.4, 0.5) is 0 Å². The second-order valence-corrected chi connectivity index (χ2v) is 14.3. The van der Waals surface area contributed by atoms with Crippen molar-refractivity contribution in [1.29, 1.82) is 0 Å². The smallest absolute Gasteiger partial charge is 0.137 e. The zero-order valence-corrected chi connectivity index (χ0v) is 31.5. The highest BCUT2D eigenvalue weighted by atomic mass is 16.5. The lowest BCUT2D eigenvalue weighted by atomic mass is 9.90. The van der Waals surface area contributed by atoms with Crippen LogP contribution >= 0.6 is 0 Å². The summed E-state index contributed by atoms with van der Waals surface area (Å²) in [5.41, 5.74) is 14.7. The number of rotatable bonds is 11. The standard InChI is InChI=1S/C46H50N4O/c1-9-12-16-42-46(45-31(7)22-30(6)23-32(45)8)40(11-3)48-50(42)35-25-34(29(4)5)26-37(27-35)51-36-18-19-39-38-15-13-14-17-41(38)49(43(39)28-36)44-24-33(10-2)20-21-47-44/h13-15,17-29H,9-12,16H2,1-8H3. The maximum absolute atomic E-state index is 6.82. The van der Waals surface area contributed by atoms with Gasteiger partial charge < -0.3 is 4.74 Å². The first-order valence-corrected chi connectivity index (χ1v) is 18.7. The topological polar surface area (TPSA) is 44.9 Å². The van der Waals surface area contributed by atoms with Gasteiger partial charge in [-0.3, -0.25) is 4.57 Å². The SMILES string of the molecule is CCCCc1c(-c2c(C)cc(C)cc2C)c(CC)nn1-c1cc(Oc2ccc3c4ccccc4n(-c4cc(CC)ccn4)c3c2)cc(C(C)C)c1. The Balaban J connectivity index is 1.37. The fraction of sp³-hybridized carbons (Fsp3) is 0.304. The number of hydrogen-bond donors (Lipinski definition) is 0. The zero-order chi connectivity index (χ0) is 35.8. The molecule has 0 spiro atoms. The molecule has 7 aromatic rings. The Labute approximate surface area is 302 Å². The summed E-state index contributed by atoms with van der Waals surface area (Å²) in [7, 11) is 0. The van der Waals surface area contributed by atoms with Crippen molar-refractivity contribution < 1.29 is 4.74 Å². The molecule has 0 saturated carbocycles. The molecule has 5 heteroatoms. The molecule has 0 unspecified atom stereocenters. The van der Waals surface area contributed by atoms with E-state index in [-0.39, 0.29) is 0 Å². The van der Waals surface area contributed by atoms with Gasteiger partial charge in [-0.2, -0.15) is 5.10 Å². The second kappa shape index (κ2) is 14.2. The van der Waals surface area contributed by atoms with E-state index in [0.29, 0.717) is 5.92 Å². The molecule has 0 saturated heterocycles. The molecule has 4 aromatic carbocycles. The molecule has 0 bridgehead atoms. The van der Waals surface area contributed by atoms with Crippen molar-refractivity contribution in [3.8, 4) is 34.1 Å². The highest BCUT2D eigenvalue weighted by Gasteiger charge is 2.23. The number of unbranched alkanes of at least 4 members (excludes halogenated alkanes) is 1. The minimum absolute atomic E-state index is 0.315. The molecule has 0 radical (unpaired) electrons. The summed E-state index contributed by atoms with van der Waals surface area (Å²) in [4.78, 5) is 4.81. The van der Waals surface area contributed by atoms with E-state index in [2.05, 4.69) is 150 Å². The summed E-state index contributed by atoms with van der Waals surface area (Å²) >= 11 is 0. The van der Waals surface area contributed by atoms with Crippen LogP contribution in [-0.2, 0) is 19.3 Å². The average molecular weight is 675 g/mol. The van der Waals surface area contributed by atoms with Gasteiger partial charge in [-0.1, -0.05) is 76.9 Å². The number of hydrogen-bond acceptors (Lipinski definition) is 3.